The van der Waals surface area contributed by atoms with E-state index in [9.17, 15) is 18.0 Å². The maximum Gasteiger partial charge on any atom is 0.433 e. The summed E-state index contributed by atoms with van der Waals surface area (Å²) >= 11 is 0. The maximum atomic E-state index is 12.4. The van der Waals surface area contributed by atoms with Crippen LogP contribution in [-0.4, -0.2) is 29.1 Å². The molecule has 92 valence electrons. The zero-order valence-corrected chi connectivity index (χ0v) is 8.61. The van der Waals surface area contributed by atoms with Crippen LogP contribution in [-0.2, 0) is 11.0 Å². The van der Waals surface area contributed by atoms with Crippen LogP contribution in [0.5, 0.6) is 0 Å². The molecule has 1 saturated heterocycles. The van der Waals surface area contributed by atoms with Gasteiger partial charge in [0.15, 0.2) is 0 Å². The van der Waals surface area contributed by atoms with Gasteiger partial charge in [0.2, 0.25) is 0 Å². The molecule has 7 heteroatoms. The van der Waals surface area contributed by atoms with Crippen LogP contribution in [0.25, 0.3) is 0 Å². The summed E-state index contributed by atoms with van der Waals surface area (Å²) < 4.78 is 37.1. The number of carboxylic acid groups (broad SMARTS) is 1. The van der Waals surface area contributed by atoms with Gasteiger partial charge in [0, 0.05) is 13.1 Å². The van der Waals surface area contributed by atoms with E-state index in [2.05, 4.69) is 4.98 Å². The van der Waals surface area contributed by atoms with Crippen molar-refractivity contribution in [3.63, 3.8) is 0 Å². The third kappa shape index (κ3) is 2.32. The van der Waals surface area contributed by atoms with Gasteiger partial charge in [-0.2, -0.15) is 13.2 Å². The molecule has 1 aromatic heterocycles. The van der Waals surface area contributed by atoms with Crippen molar-refractivity contribution in [1.82, 2.24) is 4.98 Å². The van der Waals surface area contributed by atoms with Crippen molar-refractivity contribution in [3.8, 4) is 0 Å². The van der Waals surface area contributed by atoms with Crippen molar-refractivity contribution in [3.05, 3.63) is 23.9 Å². The lowest BCUT2D eigenvalue weighted by Crippen LogP contribution is -2.50. The third-order valence-electron chi connectivity index (χ3n) is 2.58. The number of alkyl halides is 3. The van der Waals surface area contributed by atoms with Crippen molar-refractivity contribution in [2.24, 2.45) is 5.92 Å². The Morgan fingerprint density at radius 2 is 2.06 bits per heavy atom. The predicted octanol–water partition coefficient (Wildman–Crippen LogP) is 1.62. The van der Waals surface area contributed by atoms with Gasteiger partial charge in [-0.15, -0.1) is 0 Å². The van der Waals surface area contributed by atoms with Crippen LogP contribution in [0.3, 0.4) is 0 Å². The van der Waals surface area contributed by atoms with Crippen LogP contribution >= 0.6 is 0 Å². The average Bonchev–Trinajstić information content (AvgIpc) is 2.13. The first-order valence-corrected chi connectivity index (χ1v) is 4.90. The summed E-state index contributed by atoms with van der Waals surface area (Å²) in [6.07, 6.45) is -4.48. The van der Waals surface area contributed by atoms with Gasteiger partial charge >= 0.3 is 12.1 Å². The first kappa shape index (κ1) is 11.7. The second-order valence-electron chi connectivity index (χ2n) is 3.82. The lowest BCUT2D eigenvalue weighted by molar-refractivity contribution is -0.143. The predicted molar refractivity (Wildman–Crippen MR) is 52.6 cm³/mol. The highest BCUT2D eigenvalue weighted by atomic mass is 19.4. The zero-order chi connectivity index (χ0) is 12.6. The summed E-state index contributed by atoms with van der Waals surface area (Å²) in [4.78, 5) is 15.5. The molecule has 2 rings (SSSR count). The van der Waals surface area contributed by atoms with E-state index in [-0.39, 0.29) is 18.9 Å². The molecule has 0 spiro atoms. The molecule has 0 amide bonds. The van der Waals surface area contributed by atoms with Gasteiger partial charge in [-0.1, -0.05) is 6.07 Å². The minimum atomic E-state index is -4.48. The van der Waals surface area contributed by atoms with Gasteiger partial charge in [0.05, 0.1) is 5.92 Å². The number of aliphatic carboxylic acids is 1. The molecule has 1 aromatic rings. The average molecular weight is 246 g/mol. The quantitative estimate of drug-likeness (QED) is 0.861. The van der Waals surface area contributed by atoms with E-state index >= 15 is 0 Å². The summed E-state index contributed by atoms with van der Waals surface area (Å²) in [5.41, 5.74) is -0.964. The molecular formula is C10H9F3N2O2. The molecule has 0 aromatic carbocycles. The maximum absolute atomic E-state index is 12.4. The summed E-state index contributed by atoms with van der Waals surface area (Å²) in [6.45, 7) is 0.396. The van der Waals surface area contributed by atoms with Crippen LogP contribution in [0.2, 0.25) is 0 Å². The van der Waals surface area contributed by atoms with Crippen LogP contribution < -0.4 is 4.90 Å². The topological polar surface area (TPSA) is 53.4 Å². The van der Waals surface area contributed by atoms with Crippen LogP contribution in [0.1, 0.15) is 5.69 Å². The van der Waals surface area contributed by atoms with E-state index in [1.807, 2.05) is 0 Å². The van der Waals surface area contributed by atoms with Crippen LogP contribution in [0.4, 0.5) is 19.0 Å². The van der Waals surface area contributed by atoms with E-state index < -0.39 is 23.8 Å². The number of halogens is 3. The Balaban J connectivity index is 2.11. The number of pyridine rings is 1. The Hall–Kier alpha value is -1.79. The Labute approximate surface area is 94.7 Å². The second-order valence-corrected chi connectivity index (χ2v) is 3.82. The highest BCUT2D eigenvalue weighted by Gasteiger charge is 2.36. The largest absolute Gasteiger partial charge is 0.481 e. The molecule has 2 heterocycles. The van der Waals surface area contributed by atoms with E-state index in [0.29, 0.717) is 0 Å². The summed E-state index contributed by atoms with van der Waals surface area (Å²) in [6, 6.07) is 3.59. The van der Waals surface area contributed by atoms with Crippen LogP contribution in [0.15, 0.2) is 18.2 Å². The first-order valence-electron chi connectivity index (χ1n) is 4.90. The third-order valence-corrected chi connectivity index (χ3v) is 2.58. The van der Waals surface area contributed by atoms with E-state index in [1.54, 1.807) is 0 Å². The summed E-state index contributed by atoms with van der Waals surface area (Å²) in [5.74, 6) is -1.29. The van der Waals surface area contributed by atoms with Gasteiger partial charge < -0.3 is 10.0 Å². The summed E-state index contributed by atoms with van der Waals surface area (Å²) in [7, 11) is 0. The minimum Gasteiger partial charge on any atom is -0.481 e. The van der Waals surface area contributed by atoms with Crippen molar-refractivity contribution in [2.75, 3.05) is 18.0 Å². The zero-order valence-electron chi connectivity index (χ0n) is 8.61. The number of carboxylic acids is 1. The molecular weight excluding hydrogens is 237 g/mol. The number of hydrogen-bond donors (Lipinski definition) is 1. The molecule has 0 aliphatic carbocycles. The van der Waals surface area contributed by atoms with Gasteiger partial charge in [-0.25, -0.2) is 4.98 Å². The molecule has 1 fully saturated rings. The fraction of sp³-hybridized carbons (Fsp3) is 0.400. The fourth-order valence-electron chi connectivity index (χ4n) is 1.58. The fourth-order valence-corrected chi connectivity index (χ4v) is 1.58. The molecule has 1 N–H and O–H groups in total. The molecule has 0 bridgehead atoms. The van der Waals surface area contributed by atoms with Gasteiger partial charge in [-0.3, -0.25) is 4.79 Å². The van der Waals surface area contributed by atoms with E-state index in [4.69, 9.17) is 5.11 Å². The number of hydrogen-bond acceptors (Lipinski definition) is 3. The highest BCUT2D eigenvalue weighted by molar-refractivity contribution is 5.74. The number of aromatic nitrogens is 1. The molecule has 0 atom stereocenters. The molecule has 0 saturated carbocycles. The van der Waals surface area contributed by atoms with Gasteiger partial charge in [0.25, 0.3) is 0 Å². The van der Waals surface area contributed by atoms with Crippen LogP contribution in [0, 0.1) is 5.92 Å². The molecule has 4 nitrogen and oxygen atoms in total. The Bertz CT molecular complexity index is 441. The molecule has 0 unspecified atom stereocenters. The number of anilines is 1. The standard InChI is InChI=1S/C10H9F3N2O2/c11-10(12,13)7-2-1-3-8(14-7)15-4-6(5-15)9(16)17/h1-3,6H,4-5H2,(H,16,17). The lowest BCUT2D eigenvalue weighted by atomic mass is 10.0. The van der Waals surface area contributed by atoms with Crippen molar-refractivity contribution < 1.29 is 23.1 Å². The molecule has 0 radical (unpaired) electrons. The normalized spacial score (nSPS) is 16.8. The Morgan fingerprint density at radius 3 is 2.59 bits per heavy atom. The first-order chi connectivity index (χ1) is 7.88. The second kappa shape index (κ2) is 3.90. The van der Waals surface area contributed by atoms with E-state index in [1.165, 1.54) is 17.0 Å². The summed E-state index contributed by atoms with van der Waals surface area (Å²) in [5, 5.41) is 8.65. The Morgan fingerprint density at radius 1 is 1.41 bits per heavy atom. The van der Waals surface area contributed by atoms with Crippen molar-refractivity contribution in [2.45, 2.75) is 6.18 Å². The molecule has 17 heavy (non-hydrogen) atoms. The molecule has 1 aliphatic heterocycles. The van der Waals surface area contributed by atoms with Gasteiger partial charge in [-0.05, 0) is 12.1 Å². The smallest absolute Gasteiger partial charge is 0.433 e. The van der Waals surface area contributed by atoms with Crippen molar-refractivity contribution in [1.29, 1.82) is 0 Å². The van der Waals surface area contributed by atoms with E-state index in [0.717, 1.165) is 6.07 Å². The van der Waals surface area contributed by atoms with Crippen molar-refractivity contribution >= 4 is 11.8 Å². The Kier molecular flexibility index (Phi) is 2.68. The lowest BCUT2D eigenvalue weighted by Gasteiger charge is -2.37. The highest BCUT2D eigenvalue weighted by Crippen LogP contribution is 2.30. The minimum absolute atomic E-state index is 0.164. The number of rotatable bonds is 2. The van der Waals surface area contributed by atoms with Gasteiger partial charge in [0.1, 0.15) is 11.5 Å². The number of nitrogens with zero attached hydrogens (tertiary/aromatic N) is 2. The monoisotopic (exact) mass is 246 g/mol. The molecule has 1 aliphatic rings. The SMILES string of the molecule is O=C(O)C1CN(c2cccc(C(F)(F)F)n2)C1. The number of carbonyl (C=O) groups is 1.